The van der Waals surface area contributed by atoms with E-state index >= 15 is 0 Å². The molecule has 0 aromatic heterocycles. The average Bonchev–Trinajstić information content (AvgIpc) is 2.38. The molecule has 0 atom stereocenters. The van der Waals surface area contributed by atoms with Crippen LogP contribution in [0, 0.1) is 6.92 Å². The van der Waals surface area contributed by atoms with Crippen molar-refractivity contribution in [3.8, 4) is 0 Å². The molecule has 1 aromatic carbocycles. The van der Waals surface area contributed by atoms with Crippen LogP contribution in [0.5, 0.6) is 0 Å². The number of benzene rings is 1. The monoisotopic (exact) mass is 362 g/mol. The number of aryl methyl sites for hydroxylation is 1. The van der Waals surface area contributed by atoms with E-state index in [1.165, 1.54) is 0 Å². The van der Waals surface area contributed by atoms with Crippen molar-refractivity contribution in [2.45, 2.75) is 31.6 Å². The first-order chi connectivity index (χ1) is 9.36. The van der Waals surface area contributed by atoms with Gasteiger partial charge >= 0.3 is 0 Å². The Bertz CT molecular complexity index is 573. The summed E-state index contributed by atoms with van der Waals surface area (Å²) in [7, 11) is -3.59. The van der Waals surface area contributed by atoms with Crippen molar-refractivity contribution in [2.75, 3.05) is 13.1 Å². The first-order valence-electron chi connectivity index (χ1n) is 6.39. The Labute approximate surface area is 128 Å². The molecule has 112 valence electrons. The lowest BCUT2D eigenvalue weighted by atomic mass is 10.2. The van der Waals surface area contributed by atoms with Crippen molar-refractivity contribution >= 4 is 31.9 Å². The highest BCUT2D eigenvalue weighted by atomic mass is 79.9. The second-order valence-corrected chi connectivity index (χ2v) is 7.06. The number of amides is 1. The fourth-order valence-electron chi connectivity index (χ4n) is 1.59. The standard InChI is InChI=1S/C13H19BrN2O3S/c1-3-7-15-13(17)6-8-16-20(18,19)12-9-11(14)5-4-10(12)2/h4-5,9,16H,3,6-8H2,1-2H3,(H,15,17). The van der Waals surface area contributed by atoms with Crippen LogP contribution >= 0.6 is 15.9 Å². The second-order valence-electron chi connectivity index (χ2n) is 4.41. The molecule has 0 bridgehead atoms. The Morgan fingerprint density at radius 1 is 1.30 bits per heavy atom. The normalized spacial score (nSPS) is 11.3. The summed E-state index contributed by atoms with van der Waals surface area (Å²) in [6.45, 7) is 4.38. The maximum Gasteiger partial charge on any atom is 0.240 e. The fourth-order valence-corrected chi connectivity index (χ4v) is 3.41. The van der Waals surface area contributed by atoms with E-state index in [2.05, 4.69) is 26.0 Å². The predicted octanol–water partition coefficient (Wildman–Crippen LogP) is 1.95. The molecule has 0 aliphatic heterocycles. The third-order valence-electron chi connectivity index (χ3n) is 2.66. The molecule has 1 amide bonds. The van der Waals surface area contributed by atoms with Gasteiger partial charge < -0.3 is 5.32 Å². The van der Waals surface area contributed by atoms with Gasteiger partial charge in [0.15, 0.2) is 0 Å². The molecule has 5 nitrogen and oxygen atoms in total. The highest BCUT2D eigenvalue weighted by molar-refractivity contribution is 9.10. The summed E-state index contributed by atoms with van der Waals surface area (Å²) in [6, 6.07) is 5.06. The summed E-state index contributed by atoms with van der Waals surface area (Å²) >= 11 is 3.25. The summed E-state index contributed by atoms with van der Waals surface area (Å²) < 4.78 is 27.4. The lowest BCUT2D eigenvalue weighted by molar-refractivity contribution is -0.120. The SMILES string of the molecule is CCCNC(=O)CCNS(=O)(=O)c1cc(Br)ccc1C. The van der Waals surface area contributed by atoms with E-state index in [9.17, 15) is 13.2 Å². The van der Waals surface area contributed by atoms with Gasteiger partial charge in [-0.15, -0.1) is 0 Å². The van der Waals surface area contributed by atoms with E-state index in [0.717, 1.165) is 6.42 Å². The number of carbonyl (C=O) groups excluding carboxylic acids is 1. The Morgan fingerprint density at radius 3 is 2.65 bits per heavy atom. The highest BCUT2D eigenvalue weighted by Crippen LogP contribution is 2.20. The zero-order valence-electron chi connectivity index (χ0n) is 11.6. The Hall–Kier alpha value is -0.920. The zero-order valence-corrected chi connectivity index (χ0v) is 14.0. The zero-order chi connectivity index (χ0) is 15.2. The van der Waals surface area contributed by atoms with Crippen LogP contribution in [-0.4, -0.2) is 27.4 Å². The second kappa shape index (κ2) is 7.75. The molecule has 0 unspecified atom stereocenters. The van der Waals surface area contributed by atoms with Crippen molar-refractivity contribution in [3.05, 3.63) is 28.2 Å². The van der Waals surface area contributed by atoms with Crippen LogP contribution in [0.3, 0.4) is 0 Å². The van der Waals surface area contributed by atoms with Gasteiger partial charge in [-0.25, -0.2) is 13.1 Å². The number of carbonyl (C=O) groups is 1. The Morgan fingerprint density at radius 2 is 2.00 bits per heavy atom. The molecule has 20 heavy (non-hydrogen) atoms. The van der Waals surface area contributed by atoms with Gasteiger partial charge in [-0.1, -0.05) is 28.9 Å². The molecule has 1 aromatic rings. The van der Waals surface area contributed by atoms with Crippen LogP contribution in [0.2, 0.25) is 0 Å². The lowest BCUT2D eigenvalue weighted by Gasteiger charge is -2.10. The molecule has 0 saturated heterocycles. The van der Waals surface area contributed by atoms with Crippen molar-refractivity contribution in [1.29, 1.82) is 0 Å². The molecule has 0 aliphatic rings. The number of nitrogens with one attached hydrogen (secondary N) is 2. The molecule has 0 radical (unpaired) electrons. The molecular formula is C13H19BrN2O3S. The summed E-state index contributed by atoms with van der Waals surface area (Å²) in [5.74, 6) is -0.152. The van der Waals surface area contributed by atoms with Crippen molar-refractivity contribution < 1.29 is 13.2 Å². The van der Waals surface area contributed by atoms with E-state index in [0.29, 0.717) is 16.6 Å². The lowest BCUT2D eigenvalue weighted by Crippen LogP contribution is -2.31. The maximum atomic E-state index is 12.1. The Balaban J connectivity index is 2.62. The minimum atomic E-state index is -3.59. The van der Waals surface area contributed by atoms with Gasteiger partial charge in [-0.2, -0.15) is 0 Å². The van der Waals surface area contributed by atoms with Gasteiger partial charge in [-0.05, 0) is 31.0 Å². The maximum absolute atomic E-state index is 12.1. The molecule has 0 aliphatic carbocycles. The molecule has 0 saturated carbocycles. The first-order valence-corrected chi connectivity index (χ1v) is 8.67. The van der Waals surface area contributed by atoms with Crippen LogP contribution in [0.4, 0.5) is 0 Å². The summed E-state index contributed by atoms with van der Waals surface area (Å²) in [6.07, 6.45) is 0.987. The van der Waals surface area contributed by atoms with E-state index in [-0.39, 0.29) is 23.8 Å². The number of halogens is 1. The minimum Gasteiger partial charge on any atom is -0.356 e. The van der Waals surface area contributed by atoms with Gasteiger partial charge in [0.25, 0.3) is 0 Å². The van der Waals surface area contributed by atoms with E-state index in [1.807, 2.05) is 6.92 Å². The van der Waals surface area contributed by atoms with E-state index < -0.39 is 10.0 Å². The summed E-state index contributed by atoms with van der Waals surface area (Å²) in [5.41, 5.74) is 0.663. The van der Waals surface area contributed by atoms with Crippen LogP contribution < -0.4 is 10.0 Å². The number of rotatable bonds is 7. The predicted molar refractivity (Wildman–Crippen MR) is 82.0 cm³/mol. The van der Waals surface area contributed by atoms with Gasteiger partial charge in [0, 0.05) is 24.0 Å². The van der Waals surface area contributed by atoms with Crippen molar-refractivity contribution in [3.63, 3.8) is 0 Å². The number of hydrogen-bond acceptors (Lipinski definition) is 3. The van der Waals surface area contributed by atoms with Gasteiger partial charge in [0.1, 0.15) is 0 Å². The molecule has 7 heteroatoms. The molecule has 0 heterocycles. The molecular weight excluding hydrogens is 344 g/mol. The smallest absolute Gasteiger partial charge is 0.240 e. The van der Waals surface area contributed by atoms with Gasteiger partial charge in [0.05, 0.1) is 4.90 Å². The van der Waals surface area contributed by atoms with E-state index in [1.54, 1.807) is 25.1 Å². The van der Waals surface area contributed by atoms with E-state index in [4.69, 9.17) is 0 Å². The fraction of sp³-hybridized carbons (Fsp3) is 0.462. The quantitative estimate of drug-likeness (QED) is 0.778. The third-order valence-corrected chi connectivity index (χ3v) is 4.75. The van der Waals surface area contributed by atoms with Gasteiger partial charge in [0.2, 0.25) is 15.9 Å². The first kappa shape index (κ1) is 17.1. The molecule has 0 spiro atoms. The third kappa shape index (κ3) is 5.22. The van der Waals surface area contributed by atoms with Gasteiger partial charge in [-0.3, -0.25) is 4.79 Å². The van der Waals surface area contributed by atoms with Crippen molar-refractivity contribution in [1.82, 2.24) is 10.0 Å². The molecule has 2 N–H and O–H groups in total. The minimum absolute atomic E-state index is 0.0871. The molecule has 0 fully saturated rings. The largest absolute Gasteiger partial charge is 0.356 e. The van der Waals surface area contributed by atoms with Crippen LogP contribution in [-0.2, 0) is 14.8 Å². The van der Waals surface area contributed by atoms with Crippen molar-refractivity contribution in [2.24, 2.45) is 0 Å². The van der Waals surface area contributed by atoms with Crippen LogP contribution in [0.1, 0.15) is 25.3 Å². The highest BCUT2D eigenvalue weighted by Gasteiger charge is 2.17. The van der Waals surface area contributed by atoms with Crippen LogP contribution in [0.15, 0.2) is 27.6 Å². The number of sulfonamides is 1. The average molecular weight is 363 g/mol. The summed E-state index contributed by atoms with van der Waals surface area (Å²) in [4.78, 5) is 11.6. The summed E-state index contributed by atoms with van der Waals surface area (Å²) in [5, 5.41) is 2.70. The van der Waals surface area contributed by atoms with Crippen LogP contribution in [0.25, 0.3) is 0 Å². The Kier molecular flexibility index (Phi) is 6.64. The molecule has 1 rings (SSSR count). The number of hydrogen-bond donors (Lipinski definition) is 2. The topological polar surface area (TPSA) is 75.3 Å².